The highest BCUT2D eigenvalue weighted by Crippen LogP contribution is 2.34. The SMILES string of the molecule is CCc1ccc(F)c2cc(-c3nc(C)c(C(=O)O)s3)cc(C#N)c12. The number of benzene rings is 2. The fourth-order valence-corrected chi connectivity index (χ4v) is 3.64. The first-order valence-corrected chi connectivity index (χ1v) is 8.14. The molecule has 0 unspecified atom stereocenters. The molecule has 1 aromatic heterocycles. The number of halogens is 1. The van der Waals surface area contributed by atoms with Gasteiger partial charge in [-0.2, -0.15) is 5.26 Å². The Hall–Kier alpha value is -2.78. The number of fused-ring (bicyclic) bond motifs is 1. The van der Waals surface area contributed by atoms with Crippen LogP contribution in [0.5, 0.6) is 0 Å². The van der Waals surface area contributed by atoms with Crippen LogP contribution in [0.25, 0.3) is 21.3 Å². The van der Waals surface area contributed by atoms with Crippen molar-refractivity contribution < 1.29 is 14.3 Å². The molecule has 4 nitrogen and oxygen atoms in total. The first kappa shape index (κ1) is 16.1. The molecule has 0 aliphatic heterocycles. The Morgan fingerprint density at radius 2 is 2.17 bits per heavy atom. The molecule has 0 aliphatic carbocycles. The number of aromatic nitrogens is 1. The van der Waals surface area contributed by atoms with Crippen molar-refractivity contribution in [2.24, 2.45) is 0 Å². The molecule has 2 aromatic carbocycles. The van der Waals surface area contributed by atoms with Crippen LogP contribution >= 0.6 is 11.3 Å². The van der Waals surface area contributed by atoms with Crippen LogP contribution in [0, 0.1) is 24.1 Å². The fraction of sp³-hybridized carbons (Fsp3) is 0.167. The molecule has 6 heteroatoms. The Bertz CT molecular complexity index is 1020. The number of nitrogens with zero attached hydrogens (tertiary/aromatic N) is 2. The number of nitriles is 1. The third-order valence-electron chi connectivity index (χ3n) is 3.89. The second kappa shape index (κ2) is 6.02. The maximum absolute atomic E-state index is 14.3. The lowest BCUT2D eigenvalue weighted by Gasteiger charge is -2.09. The monoisotopic (exact) mass is 340 g/mol. The standard InChI is InChI=1S/C18H13FN2O2S/c1-3-10-4-5-14(19)13-7-11(6-12(8-20)15(10)13)17-21-9(2)16(24-17)18(22)23/h4-7H,3H2,1-2H3,(H,22,23). The number of aryl methyl sites for hydroxylation is 2. The van der Waals surface area contributed by atoms with Gasteiger partial charge in [0, 0.05) is 16.3 Å². The van der Waals surface area contributed by atoms with Crippen molar-refractivity contribution in [3.05, 3.63) is 51.8 Å². The van der Waals surface area contributed by atoms with Crippen LogP contribution < -0.4 is 0 Å². The molecule has 3 rings (SSSR count). The summed E-state index contributed by atoms with van der Waals surface area (Å²) in [4.78, 5) is 15.6. The molecule has 0 atom stereocenters. The average Bonchev–Trinajstić information content (AvgIpc) is 2.96. The molecule has 0 aliphatic rings. The summed E-state index contributed by atoms with van der Waals surface area (Å²) in [6, 6.07) is 8.48. The molecule has 1 heterocycles. The van der Waals surface area contributed by atoms with Crippen molar-refractivity contribution in [3.8, 4) is 16.6 Å². The van der Waals surface area contributed by atoms with E-state index in [0.717, 1.165) is 16.9 Å². The minimum atomic E-state index is -1.04. The second-order valence-electron chi connectivity index (χ2n) is 5.36. The predicted octanol–water partition coefficient (Wildman–Crippen LogP) is 4.54. The summed E-state index contributed by atoms with van der Waals surface area (Å²) >= 11 is 1.02. The summed E-state index contributed by atoms with van der Waals surface area (Å²) in [6.45, 7) is 3.57. The van der Waals surface area contributed by atoms with Gasteiger partial charge in [-0.3, -0.25) is 0 Å². The molecule has 0 fully saturated rings. The van der Waals surface area contributed by atoms with Gasteiger partial charge in [0.25, 0.3) is 0 Å². The summed E-state index contributed by atoms with van der Waals surface area (Å²) < 4.78 is 14.3. The van der Waals surface area contributed by atoms with E-state index in [-0.39, 0.29) is 4.88 Å². The van der Waals surface area contributed by atoms with Crippen molar-refractivity contribution in [2.45, 2.75) is 20.3 Å². The smallest absolute Gasteiger partial charge is 0.347 e. The van der Waals surface area contributed by atoms with Crippen molar-refractivity contribution >= 4 is 28.1 Å². The van der Waals surface area contributed by atoms with Crippen LogP contribution in [-0.2, 0) is 6.42 Å². The third kappa shape index (κ3) is 2.53. The van der Waals surface area contributed by atoms with Crippen molar-refractivity contribution in [1.29, 1.82) is 5.26 Å². The lowest BCUT2D eigenvalue weighted by Crippen LogP contribution is -1.94. The van der Waals surface area contributed by atoms with Crippen LogP contribution in [0.4, 0.5) is 4.39 Å². The van der Waals surface area contributed by atoms with Crippen molar-refractivity contribution in [2.75, 3.05) is 0 Å². The zero-order valence-electron chi connectivity index (χ0n) is 13.1. The number of carbonyl (C=O) groups is 1. The largest absolute Gasteiger partial charge is 0.477 e. The summed E-state index contributed by atoms with van der Waals surface area (Å²) in [5.74, 6) is -1.45. The summed E-state index contributed by atoms with van der Waals surface area (Å²) in [7, 11) is 0. The Morgan fingerprint density at radius 3 is 2.75 bits per heavy atom. The number of rotatable bonds is 3. The molecule has 3 aromatic rings. The van der Waals surface area contributed by atoms with Gasteiger partial charge in [0.15, 0.2) is 0 Å². The molecular formula is C18H13FN2O2S. The molecule has 0 bridgehead atoms. The van der Waals surface area contributed by atoms with Gasteiger partial charge < -0.3 is 5.11 Å². The van der Waals surface area contributed by atoms with Crippen LogP contribution in [0.2, 0.25) is 0 Å². The van der Waals surface area contributed by atoms with E-state index in [0.29, 0.717) is 39.0 Å². The van der Waals surface area contributed by atoms with E-state index < -0.39 is 11.8 Å². The lowest BCUT2D eigenvalue weighted by molar-refractivity contribution is 0.0701. The molecule has 0 radical (unpaired) electrons. The van der Waals surface area contributed by atoms with Gasteiger partial charge in [0.05, 0.1) is 17.3 Å². The van der Waals surface area contributed by atoms with Gasteiger partial charge in [-0.15, -0.1) is 11.3 Å². The minimum absolute atomic E-state index is 0.145. The van der Waals surface area contributed by atoms with E-state index in [1.165, 1.54) is 6.07 Å². The minimum Gasteiger partial charge on any atom is -0.477 e. The Labute approximate surface area is 141 Å². The van der Waals surface area contributed by atoms with Crippen LogP contribution in [0.3, 0.4) is 0 Å². The number of hydrogen-bond acceptors (Lipinski definition) is 4. The molecule has 24 heavy (non-hydrogen) atoms. The lowest BCUT2D eigenvalue weighted by atomic mass is 9.95. The molecule has 0 saturated heterocycles. The summed E-state index contributed by atoms with van der Waals surface area (Å²) in [5.41, 5.74) is 2.22. The van der Waals surface area contributed by atoms with Crippen LogP contribution in [0.15, 0.2) is 24.3 Å². The van der Waals surface area contributed by atoms with Gasteiger partial charge in [0.2, 0.25) is 0 Å². The zero-order chi connectivity index (χ0) is 17.4. The van der Waals surface area contributed by atoms with E-state index in [4.69, 9.17) is 5.11 Å². The number of aromatic carboxylic acids is 1. The first-order valence-electron chi connectivity index (χ1n) is 7.32. The second-order valence-corrected chi connectivity index (χ2v) is 6.36. The van der Waals surface area contributed by atoms with Gasteiger partial charge in [0.1, 0.15) is 15.7 Å². The molecule has 0 spiro atoms. The number of thiazole rings is 1. The van der Waals surface area contributed by atoms with Crippen LogP contribution in [-0.4, -0.2) is 16.1 Å². The van der Waals surface area contributed by atoms with Gasteiger partial charge in [-0.25, -0.2) is 14.2 Å². The highest BCUT2D eigenvalue weighted by molar-refractivity contribution is 7.17. The van der Waals surface area contributed by atoms with E-state index in [1.807, 2.05) is 6.92 Å². The topological polar surface area (TPSA) is 74.0 Å². The van der Waals surface area contributed by atoms with Gasteiger partial charge in [-0.1, -0.05) is 13.0 Å². The van der Waals surface area contributed by atoms with Crippen LogP contribution in [0.1, 0.15) is 33.4 Å². The average molecular weight is 340 g/mol. The Balaban J connectivity index is 2.32. The highest BCUT2D eigenvalue weighted by Gasteiger charge is 2.18. The summed E-state index contributed by atoms with van der Waals surface area (Å²) in [5, 5.41) is 20.1. The molecule has 0 saturated carbocycles. The quantitative estimate of drug-likeness (QED) is 0.759. The van der Waals surface area contributed by atoms with Crippen molar-refractivity contribution in [1.82, 2.24) is 4.98 Å². The predicted molar refractivity (Wildman–Crippen MR) is 90.8 cm³/mol. The van der Waals surface area contributed by atoms with E-state index in [1.54, 1.807) is 25.1 Å². The maximum atomic E-state index is 14.3. The van der Waals surface area contributed by atoms with E-state index >= 15 is 0 Å². The van der Waals surface area contributed by atoms with Crippen molar-refractivity contribution in [3.63, 3.8) is 0 Å². The maximum Gasteiger partial charge on any atom is 0.347 e. The normalized spacial score (nSPS) is 10.8. The molecule has 0 amide bonds. The number of hydrogen-bond donors (Lipinski definition) is 1. The summed E-state index contributed by atoms with van der Waals surface area (Å²) in [6.07, 6.45) is 0.685. The Kier molecular flexibility index (Phi) is 4.04. The highest BCUT2D eigenvalue weighted by atomic mass is 32.1. The van der Waals surface area contributed by atoms with Gasteiger partial charge in [-0.05, 0) is 37.1 Å². The van der Waals surface area contributed by atoms with E-state index in [2.05, 4.69) is 11.1 Å². The Morgan fingerprint density at radius 1 is 1.42 bits per heavy atom. The first-order chi connectivity index (χ1) is 11.5. The molecular weight excluding hydrogens is 327 g/mol. The zero-order valence-corrected chi connectivity index (χ0v) is 13.9. The number of carboxylic acids is 1. The third-order valence-corrected chi connectivity index (χ3v) is 5.08. The molecule has 120 valence electrons. The number of carboxylic acid groups (broad SMARTS) is 1. The molecule has 1 N–H and O–H groups in total. The van der Waals surface area contributed by atoms with Gasteiger partial charge >= 0.3 is 5.97 Å². The van der Waals surface area contributed by atoms with E-state index in [9.17, 15) is 14.4 Å². The fourth-order valence-electron chi connectivity index (χ4n) is 2.75.